The second kappa shape index (κ2) is 7.92. The molecule has 3 aromatic rings. The first-order chi connectivity index (χ1) is 12.5. The number of aromatic nitrogens is 2. The minimum atomic E-state index is -0.0893. The maximum atomic E-state index is 12.5. The van der Waals surface area contributed by atoms with Crippen molar-refractivity contribution in [2.75, 3.05) is 19.9 Å². The van der Waals surface area contributed by atoms with Gasteiger partial charge in [0.2, 0.25) is 5.91 Å². The topological polar surface area (TPSA) is 64.4 Å². The molecule has 0 unspecified atom stereocenters. The van der Waals surface area contributed by atoms with Gasteiger partial charge in [-0.3, -0.25) is 14.2 Å². The van der Waals surface area contributed by atoms with Crippen LogP contribution >= 0.6 is 23.1 Å². The standard InChI is InChI=1S/C18H19N3O3S2/c1-20(10-12-6-4-5-7-14(12)24-3)15(22)11-26-18-19-16-13(8-9-25-16)17(23)21(18)2/h4-9H,10-11H2,1-3H3. The first-order valence-electron chi connectivity index (χ1n) is 7.94. The van der Waals surface area contributed by atoms with Crippen LogP contribution in [-0.4, -0.2) is 40.3 Å². The Kier molecular flexibility index (Phi) is 5.63. The number of methoxy groups -OCH3 is 1. The first-order valence-corrected chi connectivity index (χ1v) is 9.80. The van der Waals surface area contributed by atoms with E-state index in [2.05, 4.69) is 4.98 Å². The van der Waals surface area contributed by atoms with Crippen molar-refractivity contribution < 1.29 is 9.53 Å². The van der Waals surface area contributed by atoms with Crippen molar-refractivity contribution >= 4 is 39.2 Å². The van der Waals surface area contributed by atoms with Gasteiger partial charge in [0.15, 0.2) is 5.16 Å². The van der Waals surface area contributed by atoms with E-state index < -0.39 is 0 Å². The van der Waals surface area contributed by atoms with Crippen LogP contribution in [0, 0.1) is 0 Å². The van der Waals surface area contributed by atoms with Gasteiger partial charge in [-0.15, -0.1) is 11.3 Å². The van der Waals surface area contributed by atoms with Gasteiger partial charge in [0, 0.05) is 26.2 Å². The molecule has 0 aliphatic heterocycles. The van der Waals surface area contributed by atoms with Crippen LogP contribution in [0.25, 0.3) is 10.2 Å². The zero-order valence-electron chi connectivity index (χ0n) is 14.8. The molecule has 0 bridgehead atoms. The van der Waals surface area contributed by atoms with Crippen molar-refractivity contribution in [1.82, 2.24) is 14.5 Å². The second-order valence-corrected chi connectivity index (χ2v) is 7.59. The molecule has 0 saturated carbocycles. The summed E-state index contributed by atoms with van der Waals surface area (Å²) in [5.41, 5.74) is 0.856. The molecule has 136 valence electrons. The van der Waals surface area contributed by atoms with E-state index in [0.29, 0.717) is 21.9 Å². The van der Waals surface area contributed by atoms with Crippen LogP contribution in [0.4, 0.5) is 0 Å². The highest BCUT2D eigenvalue weighted by atomic mass is 32.2. The van der Waals surface area contributed by atoms with Gasteiger partial charge in [0.1, 0.15) is 10.6 Å². The van der Waals surface area contributed by atoms with E-state index in [9.17, 15) is 9.59 Å². The lowest BCUT2D eigenvalue weighted by atomic mass is 10.2. The van der Waals surface area contributed by atoms with E-state index in [0.717, 1.165) is 11.3 Å². The predicted octanol–water partition coefficient (Wildman–Crippen LogP) is 2.75. The fourth-order valence-electron chi connectivity index (χ4n) is 2.52. The van der Waals surface area contributed by atoms with Gasteiger partial charge in [-0.25, -0.2) is 4.98 Å². The second-order valence-electron chi connectivity index (χ2n) is 5.75. The number of amides is 1. The van der Waals surface area contributed by atoms with E-state index in [4.69, 9.17) is 4.74 Å². The van der Waals surface area contributed by atoms with E-state index in [-0.39, 0.29) is 17.2 Å². The monoisotopic (exact) mass is 389 g/mol. The summed E-state index contributed by atoms with van der Waals surface area (Å²) in [6.07, 6.45) is 0. The van der Waals surface area contributed by atoms with Crippen molar-refractivity contribution in [2.45, 2.75) is 11.7 Å². The Morgan fingerprint density at radius 3 is 2.88 bits per heavy atom. The molecule has 0 fully saturated rings. The Hall–Kier alpha value is -2.32. The molecule has 8 heteroatoms. The van der Waals surface area contributed by atoms with Gasteiger partial charge in [0.25, 0.3) is 5.56 Å². The Bertz CT molecular complexity index is 997. The molecule has 26 heavy (non-hydrogen) atoms. The number of hydrogen-bond donors (Lipinski definition) is 0. The Morgan fingerprint density at radius 2 is 2.12 bits per heavy atom. The number of thioether (sulfide) groups is 1. The van der Waals surface area contributed by atoms with Gasteiger partial charge in [-0.05, 0) is 17.5 Å². The van der Waals surface area contributed by atoms with Crippen LogP contribution in [0.15, 0.2) is 45.7 Å². The number of nitrogens with zero attached hydrogens (tertiary/aromatic N) is 3. The predicted molar refractivity (Wildman–Crippen MR) is 105 cm³/mol. The molecule has 0 aliphatic carbocycles. The maximum Gasteiger partial charge on any atom is 0.262 e. The van der Waals surface area contributed by atoms with Crippen LogP contribution in [0.3, 0.4) is 0 Å². The molecule has 0 N–H and O–H groups in total. The largest absolute Gasteiger partial charge is 0.496 e. The molecule has 1 aromatic carbocycles. The van der Waals surface area contributed by atoms with Crippen molar-refractivity contribution in [2.24, 2.45) is 7.05 Å². The van der Waals surface area contributed by atoms with Crippen molar-refractivity contribution in [3.63, 3.8) is 0 Å². The number of hydrogen-bond acceptors (Lipinski definition) is 6. The minimum Gasteiger partial charge on any atom is -0.496 e. The summed E-state index contributed by atoms with van der Waals surface area (Å²) in [5, 5.41) is 3.00. The molecule has 2 heterocycles. The SMILES string of the molecule is COc1ccccc1CN(C)C(=O)CSc1nc2sccc2c(=O)n1C. The first kappa shape index (κ1) is 18.5. The average molecular weight is 390 g/mol. The molecule has 0 spiro atoms. The lowest BCUT2D eigenvalue weighted by molar-refractivity contribution is -0.127. The summed E-state index contributed by atoms with van der Waals surface area (Å²) in [6, 6.07) is 9.40. The van der Waals surface area contributed by atoms with Gasteiger partial charge >= 0.3 is 0 Å². The van der Waals surface area contributed by atoms with Gasteiger partial charge < -0.3 is 9.64 Å². The molecule has 0 saturated heterocycles. The number of rotatable bonds is 6. The van der Waals surface area contributed by atoms with E-state index >= 15 is 0 Å². The molecule has 2 aromatic heterocycles. The summed E-state index contributed by atoms with van der Waals surface area (Å²) < 4.78 is 6.82. The van der Waals surface area contributed by atoms with Crippen molar-refractivity contribution in [1.29, 1.82) is 0 Å². The lowest BCUT2D eigenvalue weighted by Gasteiger charge is -2.18. The van der Waals surface area contributed by atoms with Crippen LogP contribution < -0.4 is 10.3 Å². The smallest absolute Gasteiger partial charge is 0.262 e. The zero-order chi connectivity index (χ0) is 18.7. The van der Waals surface area contributed by atoms with Crippen LogP contribution in [0.2, 0.25) is 0 Å². The van der Waals surface area contributed by atoms with E-state index in [1.54, 1.807) is 32.2 Å². The normalized spacial score (nSPS) is 10.9. The van der Waals surface area contributed by atoms with Gasteiger partial charge in [-0.1, -0.05) is 30.0 Å². The third-order valence-electron chi connectivity index (χ3n) is 4.01. The van der Waals surface area contributed by atoms with Crippen LogP contribution in [-0.2, 0) is 18.4 Å². The third kappa shape index (κ3) is 3.76. The minimum absolute atomic E-state index is 0.0403. The summed E-state index contributed by atoms with van der Waals surface area (Å²) in [7, 11) is 5.05. The molecule has 3 rings (SSSR count). The lowest BCUT2D eigenvalue weighted by Crippen LogP contribution is -2.28. The van der Waals surface area contributed by atoms with Crippen LogP contribution in [0.1, 0.15) is 5.56 Å². The van der Waals surface area contributed by atoms with Gasteiger partial charge in [0.05, 0.1) is 18.2 Å². The third-order valence-corrected chi connectivity index (χ3v) is 5.84. The van der Waals surface area contributed by atoms with Crippen molar-refractivity contribution in [3.05, 3.63) is 51.6 Å². The Balaban J connectivity index is 1.69. The molecular weight excluding hydrogens is 370 g/mol. The summed E-state index contributed by atoms with van der Waals surface area (Å²) in [6.45, 7) is 0.458. The van der Waals surface area contributed by atoms with Crippen LogP contribution in [0.5, 0.6) is 5.75 Å². The molecule has 1 amide bonds. The molecular formula is C18H19N3O3S2. The van der Waals surface area contributed by atoms with Gasteiger partial charge in [-0.2, -0.15) is 0 Å². The number of carbonyl (C=O) groups is 1. The molecule has 6 nitrogen and oxygen atoms in total. The highest BCUT2D eigenvalue weighted by Crippen LogP contribution is 2.22. The summed E-state index contributed by atoms with van der Waals surface area (Å²) >= 11 is 2.70. The van der Waals surface area contributed by atoms with Crippen molar-refractivity contribution in [3.8, 4) is 5.75 Å². The van der Waals surface area contributed by atoms with E-state index in [1.807, 2.05) is 29.6 Å². The zero-order valence-corrected chi connectivity index (χ0v) is 16.4. The fourth-order valence-corrected chi connectivity index (χ4v) is 4.24. The van der Waals surface area contributed by atoms with E-state index in [1.165, 1.54) is 27.7 Å². The number of thiophene rings is 1. The molecule has 0 atom stereocenters. The summed E-state index contributed by atoms with van der Waals surface area (Å²) in [4.78, 5) is 31.6. The number of carbonyl (C=O) groups excluding carboxylic acids is 1. The average Bonchev–Trinajstić information content (AvgIpc) is 3.12. The molecule has 0 aliphatic rings. The highest BCUT2D eigenvalue weighted by molar-refractivity contribution is 7.99. The Labute approximate surface area is 159 Å². The fraction of sp³-hybridized carbons (Fsp3) is 0.278. The quantitative estimate of drug-likeness (QED) is 0.479. The number of para-hydroxylation sites is 1. The summed E-state index contributed by atoms with van der Waals surface area (Å²) in [5.74, 6) is 0.927. The number of fused-ring (bicyclic) bond motifs is 1. The number of benzene rings is 1. The molecule has 0 radical (unpaired) electrons. The number of ether oxygens (including phenoxy) is 1. The Morgan fingerprint density at radius 1 is 1.35 bits per heavy atom. The highest BCUT2D eigenvalue weighted by Gasteiger charge is 2.15. The maximum absolute atomic E-state index is 12.5.